The molecule has 3 heterocycles. The Morgan fingerprint density at radius 3 is 2.72 bits per heavy atom. The molecule has 2 aliphatic heterocycles. The summed E-state index contributed by atoms with van der Waals surface area (Å²) in [5.74, 6) is 0.149. The Morgan fingerprint density at radius 1 is 1.31 bits per heavy atom. The number of hydrogen-bond acceptors (Lipinski definition) is 5. The van der Waals surface area contributed by atoms with Gasteiger partial charge < -0.3 is 10.3 Å². The number of carbonyl (C=O) groups is 1. The van der Waals surface area contributed by atoms with Gasteiger partial charge in [-0.1, -0.05) is 17.7 Å². The molecule has 2 aliphatic rings. The van der Waals surface area contributed by atoms with Crippen molar-refractivity contribution in [1.29, 1.82) is 0 Å². The lowest BCUT2D eigenvalue weighted by atomic mass is 10.0. The van der Waals surface area contributed by atoms with Crippen LogP contribution in [-0.4, -0.2) is 33.2 Å². The Labute approximate surface area is 169 Å². The second-order valence-electron chi connectivity index (χ2n) is 6.87. The molecule has 1 aromatic carbocycles. The fourth-order valence-corrected chi connectivity index (χ4v) is 3.92. The van der Waals surface area contributed by atoms with E-state index >= 15 is 0 Å². The van der Waals surface area contributed by atoms with Crippen LogP contribution in [0.4, 0.5) is 19.0 Å². The number of rotatable bonds is 2. The molecule has 7 nitrogen and oxygen atoms in total. The maximum absolute atomic E-state index is 13.1. The number of nitrogens with zero attached hydrogens (tertiary/aromatic N) is 4. The molecule has 1 atom stereocenters. The number of nitrogens with one attached hydrogen (secondary N) is 2. The van der Waals surface area contributed by atoms with Crippen LogP contribution in [0.1, 0.15) is 29.3 Å². The van der Waals surface area contributed by atoms with Gasteiger partial charge >= 0.3 is 6.18 Å². The summed E-state index contributed by atoms with van der Waals surface area (Å²) in [5, 5.41) is 5.57. The van der Waals surface area contributed by atoms with Gasteiger partial charge in [0.2, 0.25) is 0 Å². The predicted octanol–water partition coefficient (Wildman–Crippen LogP) is 3.07. The monoisotopic (exact) mass is 426 g/mol. The second kappa shape index (κ2) is 6.96. The lowest BCUT2D eigenvalue weighted by Crippen LogP contribution is -2.46. The number of benzene rings is 1. The van der Waals surface area contributed by atoms with Crippen LogP contribution in [0.15, 0.2) is 41.9 Å². The molecule has 4 rings (SSSR count). The molecular weight excluding hydrogens is 409 g/mol. The molecule has 1 aromatic heterocycles. The third kappa shape index (κ3) is 3.32. The van der Waals surface area contributed by atoms with E-state index in [1.54, 1.807) is 9.69 Å². The molecular formula is C18H18ClF3N6O. The zero-order valence-corrected chi connectivity index (χ0v) is 16.3. The zero-order valence-electron chi connectivity index (χ0n) is 15.6. The summed E-state index contributed by atoms with van der Waals surface area (Å²) in [6.07, 6.45) is -2.32. The molecule has 2 N–H and O–H groups in total. The molecule has 0 spiro atoms. The van der Waals surface area contributed by atoms with E-state index in [0.29, 0.717) is 18.8 Å². The van der Waals surface area contributed by atoms with E-state index in [1.807, 2.05) is 26.2 Å². The quantitative estimate of drug-likeness (QED) is 0.772. The topological polar surface area (TPSA) is 65.4 Å². The molecule has 0 bridgehead atoms. The van der Waals surface area contributed by atoms with E-state index in [4.69, 9.17) is 11.6 Å². The first-order valence-electron chi connectivity index (χ1n) is 8.89. The Hall–Kier alpha value is -2.72. The van der Waals surface area contributed by atoms with Crippen LogP contribution in [0.2, 0.25) is 5.02 Å². The van der Waals surface area contributed by atoms with E-state index in [2.05, 4.69) is 16.1 Å². The first kappa shape index (κ1) is 19.6. The summed E-state index contributed by atoms with van der Waals surface area (Å²) in [6, 6.07) is 4.83. The summed E-state index contributed by atoms with van der Waals surface area (Å²) < 4.78 is 41.1. The van der Waals surface area contributed by atoms with Crippen molar-refractivity contribution in [2.75, 3.05) is 11.6 Å². The van der Waals surface area contributed by atoms with Gasteiger partial charge in [-0.3, -0.25) is 9.48 Å². The number of halogens is 4. The number of aromatic nitrogens is 2. The second-order valence-corrected chi connectivity index (χ2v) is 7.25. The molecule has 1 amide bonds. The third-order valence-corrected chi connectivity index (χ3v) is 5.49. The van der Waals surface area contributed by atoms with E-state index < -0.39 is 28.7 Å². The van der Waals surface area contributed by atoms with Gasteiger partial charge in [-0.25, -0.2) is 5.01 Å². The van der Waals surface area contributed by atoms with Gasteiger partial charge in [0.15, 0.2) is 5.82 Å². The summed E-state index contributed by atoms with van der Waals surface area (Å²) in [4.78, 5) is 14.5. The fourth-order valence-electron chi connectivity index (χ4n) is 3.61. The normalized spacial score (nSPS) is 19.4. The molecule has 11 heteroatoms. The lowest BCUT2D eigenvalue weighted by molar-refractivity contribution is -0.137. The Bertz CT molecular complexity index is 1000. The van der Waals surface area contributed by atoms with E-state index in [0.717, 1.165) is 17.5 Å². The van der Waals surface area contributed by atoms with Crippen molar-refractivity contribution in [2.24, 2.45) is 7.05 Å². The molecule has 0 radical (unpaired) electrons. The minimum Gasteiger partial charge on any atom is -0.330 e. The number of carbonyl (C=O) groups excluding carboxylic acids is 1. The van der Waals surface area contributed by atoms with Gasteiger partial charge in [0.25, 0.3) is 5.91 Å². The smallest absolute Gasteiger partial charge is 0.330 e. The van der Waals surface area contributed by atoms with Crippen LogP contribution in [0.3, 0.4) is 0 Å². The van der Waals surface area contributed by atoms with Crippen LogP contribution in [0.25, 0.3) is 0 Å². The zero-order chi connectivity index (χ0) is 20.9. The molecule has 0 fully saturated rings. The molecule has 0 saturated carbocycles. The van der Waals surface area contributed by atoms with Gasteiger partial charge in [0.1, 0.15) is 0 Å². The SMILES string of the molecule is C[C@H]1C2=C(CCN1C(=O)c1cccc(C(F)(F)F)c1Cl)N(c1ccn(C)n1)NN2. The highest BCUT2D eigenvalue weighted by Gasteiger charge is 2.39. The van der Waals surface area contributed by atoms with Crippen LogP contribution in [-0.2, 0) is 13.2 Å². The summed E-state index contributed by atoms with van der Waals surface area (Å²) >= 11 is 5.95. The first-order chi connectivity index (χ1) is 13.7. The third-order valence-electron chi connectivity index (χ3n) is 5.08. The number of amides is 1. The fraction of sp³-hybridized carbons (Fsp3) is 0.333. The van der Waals surface area contributed by atoms with Crippen LogP contribution in [0, 0.1) is 0 Å². The van der Waals surface area contributed by atoms with Crippen molar-refractivity contribution in [2.45, 2.75) is 25.6 Å². The number of hydrazine groups is 2. The molecule has 154 valence electrons. The number of hydrogen-bond donors (Lipinski definition) is 2. The van der Waals surface area contributed by atoms with Gasteiger partial charge in [-0.05, 0) is 19.1 Å². The maximum Gasteiger partial charge on any atom is 0.417 e. The van der Waals surface area contributed by atoms with Crippen LogP contribution < -0.4 is 16.0 Å². The van der Waals surface area contributed by atoms with Crippen molar-refractivity contribution in [3.05, 3.63) is 58.0 Å². The highest BCUT2D eigenvalue weighted by atomic mass is 35.5. The van der Waals surface area contributed by atoms with Crippen LogP contribution in [0.5, 0.6) is 0 Å². The van der Waals surface area contributed by atoms with Gasteiger partial charge in [-0.2, -0.15) is 18.3 Å². The number of alkyl halides is 3. The lowest BCUT2D eigenvalue weighted by Gasteiger charge is -2.35. The Morgan fingerprint density at radius 2 is 2.07 bits per heavy atom. The maximum atomic E-state index is 13.1. The summed E-state index contributed by atoms with van der Waals surface area (Å²) in [5.41, 5.74) is 6.58. The minimum absolute atomic E-state index is 0.162. The van der Waals surface area contributed by atoms with Gasteiger partial charge in [0, 0.05) is 32.3 Å². The van der Waals surface area contributed by atoms with Crippen molar-refractivity contribution in [1.82, 2.24) is 25.6 Å². The van der Waals surface area contributed by atoms with Gasteiger partial charge in [-0.15, -0.1) is 5.53 Å². The highest BCUT2D eigenvalue weighted by molar-refractivity contribution is 6.34. The van der Waals surface area contributed by atoms with Crippen LogP contribution >= 0.6 is 11.6 Å². The summed E-state index contributed by atoms with van der Waals surface area (Å²) in [7, 11) is 1.81. The average molecular weight is 427 g/mol. The first-order valence-corrected chi connectivity index (χ1v) is 9.27. The Balaban J connectivity index is 1.62. The molecule has 0 aliphatic carbocycles. The van der Waals surface area contributed by atoms with Crippen molar-refractivity contribution in [3.63, 3.8) is 0 Å². The summed E-state index contributed by atoms with van der Waals surface area (Å²) in [6.45, 7) is 2.14. The standard InChI is InChI=1S/C18H18ClF3N6O/c1-10-16-13(28(25-23-16)14-7-8-26(2)24-14)6-9-27(10)17(29)11-4-3-5-12(15(11)19)18(20,21)22/h3-5,7-8,10,23,25H,6,9H2,1-2H3/t10-/m0/s1. The van der Waals surface area contributed by atoms with Crippen molar-refractivity contribution < 1.29 is 18.0 Å². The highest BCUT2D eigenvalue weighted by Crippen LogP contribution is 2.37. The molecule has 0 unspecified atom stereocenters. The predicted molar refractivity (Wildman–Crippen MR) is 101 cm³/mol. The van der Waals surface area contributed by atoms with Gasteiger partial charge in [0.05, 0.1) is 33.6 Å². The van der Waals surface area contributed by atoms with E-state index in [-0.39, 0.29) is 5.56 Å². The van der Waals surface area contributed by atoms with Crippen molar-refractivity contribution >= 4 is 23.3 Å². The molecule has 2 aromatic rings. The van der Waals surface area contributed by atoms with Crippen molar-refractivity contribution in [3.8, 4) is 0 Å². The minimum atomic E-state index is -4.63. The van der Waals surface area contributed by atoms with E-state index in [1.165, 1.54) is 17.0 Å². The van der Waals surface area contributed by atoms with E-state index in [9.17, 15) is 18.0 Å². The molecule has 29 heavy (non-hydrogen) atoms. The number of aryl methyl sites for hydroxylation is 1. The average Bonchev–Trinajstić information content (AvgIpc) is 3.27. The largest absolute Gasteiger partial charge is 0.417 e. The number of anilines is 1. The molecule has 0 saturated heterocycles. The Kier molecular flexibility index (Phi) is 4.70.